The third-order valence-electron chi connectivity index (χ3n) is 7.04. The molecular formula is C26H34N8O. The summed E-state index contributed by atoms with van der Waals surface area (Å²) in [6.45, 7) is 7.98. The van der Waals surface area contributed by atoms with Crippen LogP contribution in [0.15, 0.2) is 47.6 Å². The highest BCUT2D eigenvalue weighted by molar-refractivity contribution is 6.03. The van der Waals surface area contributed by atoms with E-state index in [4.69, 9.17) is 11.6 Å². The lowest BCUT2D eigenvalue weighted by molar-refractivity contribution is -0.118. The second-order valence-electron chi connectivity index (χ2n) is 10.5. The van der Waals surface area contributed by atoms with Gasteiger partial charge in [-0.25, -0.2) is 11.4 Å². The average molecular weight is 475 g/mol. The standard InChI is InChI=1S/C26H34N8O/c1-25(2,3)22-13-16-12-18(5-7-21(16)34(22)11-8-23(27)32-33-28)31-24(35)26(9-10-26)17-4-6-19-20(14-17)30-15-29-19/h4-7,12-14,29-30,33H,8-11,15,28H2,1-3H3,(H2,27,32)(H,31,35). The average Bonchev–Trinajstić information content (AvgIpc) is 3.34. The highest BCUT2D eigenvalue weighted by Gasteiger charge is 2.51. The van der Waals surface area contributed by atoms with E-state index in [1.165, 1.54) is 5.69 Å². The molecule has 1 aliphatic carbocycles. The third-order valence-corrected chi connectivity index (χ3v) is 7.04. The van der Waals surface area contributed by atoms with Crippen LogP contribution in [-0.4, -0.2) is 23.0 Å². The summed E-state index contributed by atoms with van der Waals surface area (Å²) in [7, 11) is 0. The van der Waals surface area contributed by atoms with Gasteiger partial charge in [-0.15, -0.1) is 0 Å². The molecule has 8 N–H and O–H groups in total. The summed E-state index contributed by atoms with van der Waals surface area (Å²) in [6, 6.07) is 14.5. The molecule has 0 spiro atoms. The van der Waals surface area contributed by atoms with Crippen molar-refractivity contribution in [3.63, 3.8) is 0 Å². The van der Waals surface area contributed by atoms with Gasteiger partial charge < -0.3 is 26.3 Å². The summed E-state index contributed by atoms with van der Waals surface area (Å²) in [5.41, 5.74) is 14.0. The fourth-order valence-corrected chi connectivity index (χ4v) is 4.98. The van der Waals surface area contributed by atoms with Gasteiger partial charge in [0.15, 0.2) is 0 Å². The molecule has 2 aliphatic rings. The zero-order chi connectivity index (χ0) is 24.8. The van der Waals surface area contributed by atoms with E-state index in [1.807, 2.05) is 6.07 Å². The van der Waals surface area contributed by atoms with Crippen LogP contribution in [0, 0.1) is 0 Å². The summed E-state index contributed by atoms with van der Waals surface area (Å²) in [5, 5.41) is 14.8. The molecule has 1 saturated carbocycles. The Morgan fingerprint density at radius 1 is 1.11 bits per heavy atom. The third kappa shape index (κ3) is 4.27. The zero-order valence-corrected chi connectivity index (χ0v) is 20.5. The summed E-state index contributed by atoms with van der Waals surface area (Å²) >= 11 is 0. The number of nitrogens with two attached hydrogens (primary N) is 2. The normalized spacial score (nSPS) is 16.4. The van der Waals surface area contributed by atoms with Crippen molar-refractivity contribution in [3.05, 3.63) is 53.7 Å². The number of aromatic nitrogens is 1. The second-order valence-corrected chi connectivity index (χ2v) is 10.5. The first kappa shape index (κ1) is 23.0. The molecule has 0 radical (unpaired) electrons. The summed E-state index contributed by atoms with van der Waals surface area (Å²) in [6.07, 6.45) is 2.29. The molecule has 184 valence electrons. The van der Waals surface area contributed by atoms with Crippen LogP contribution in [0.4, 0.5) is 17.1 Å². The van der Waals surface area contributed by atoms with Crippen LogP contribution in [0.3, 0.4) is 0 Å². The Labute approximate surface area is 205 Å². The number of rotatable bonds is 7. The number of amidine groups is 1. The number of carbonyl (C=O) groups excluding carboxylic acids is 1. The van der Waals surface area contributed by atoms with Crippen LogP contribution in [-0.2, 0) is 22.2 Å². The molecule has 1 aromatic heterocycles. The van der Waals surface area contributed by atoms with Crippen LogP contribution in [0.25, 0.3) is 10.9 Å². The number of fused-ring (bicyclic) bond motifs is 2. The van der Waals surface area contributed by atoms with Gasteiger partial charge in [0.25, 0.3) is 0 Å². The lowest BCUT2D eigenvalue weighted by Gasteiger charge is -2.22. The Morgan fingerprint density at radius 2 is 1.89 bits per heavy atom. The Kier molecular flexibility index (Phi) is 5.59. The Bertz CT molecular complexity index is 1310. The van der Waals surface area contributed by atoms with Crippen molar-refractivity contribution in [2.45, 2.75) is 57.4 Å². The summed E-state index contributed by atoms with van der Waals surface area (Å²) in [5.74, 6) is 5.76. The number of hydrazone groups is 1. The van der Waals surface area contributed by atoms with Crippen molar-refractivity contribution in [1.82, 2.24) is 10.1 Å². The van der Waals surface area contributed by atoms with Crippen molar-refractivity contribution in [2.24, 2.45) is 16.7 Å². The van der Waals surface area contributed by atoms with E-state index in [9.17, 15) is 4.79 Å². The molecule has 9 nitrogen and oxygen atoms in total. The van der Waals surface area contributed by atoms with Gasteiger partial charge >= 0.3 is 0 Å². The molecule has 0 unspecified atom stereocenters. The molecule has 0 atom stereocenters. The molecule has 2 heterocycles. The fourth-order valence-electron chi connectivity index (χ4n) is 4.98. The van der Waals surface area contributed by atoms with Gasteiger partial charge in [0.1, 0.15) is 5.84 Å². The van der Waals surface area contributed by atoms with Crippen molar-refractivity contribution >= 4 is 39.7 Å². The van der Waals surface area contributed by atoms with Gasteiger partial charge in [-0.2, -0.15) is 5.10 Å². The number of carbonyl (C=O) groups is 1. The van der Waals surface area contributed by atoms with Crippen LogP contribution < -0.4 is 33.1 Å². The summed E-state index contributed by atoms with van der Waals surface area (Å²) < 4.78 is 2.27. The van der Waals surface area contributed by atoms with Crippen LogP contribution in [0.1, 0.15) is 51.3 Å². The molecule has 9 heteroatoms. The molecular weight excluding hydrogens is 440 g/mol. The fraction of sp³-hybridized carbons (Fsp3) is 0.385. The first-order chi connectivity index (χ1) is 16.7. The molecule has 0 saturated heterocycles. The summed E-state index contributed by atoms with van der Waals surface area (Å²) in [4.78, 5) is 13.4. The van der Waals surface area contributed by atoms with Gasteiger partial charge in [-0.3, -0.25) is 4.79 Å². The highest BCUT2D eigenvalue weighted by Crippen LogP contribution is 2.50. The van der Waals surface area contributed by atoms with Gasteiger partial charge in [0, 0.05) is 40.7 Å². The van der Waals surface area contributed by atoms with E-state index in [-0.39, 0.29) is 11.3 Å². The van der Waals surface area contributed by atoms with Gasteiger partial charge in [-0.1, -0.05) is 26.8 Å². The van der Waals surface area contributed by atoms with E-state index >= 15 is 0 Å². The minimum atomic E-state index is -0.454. The molecule has 35 heavy (non-hydrogen) atoms. The lowest BCUT2D eigenvalue weighted by Crippen LogP contribution is -2.27. The number of nitrogens with one attached hydrogen (secondary N) is 4. The molecule has 1 fully saturated rings. The monoisotopic (exact) mass is 474 g/mol. The number of anilines is 3. The Balaban J connectivity index is 1.40. The van der Waals surface area contributed by atoms with Crippen molar-refractivity contribution in [3.8, 4) is 0 Å². The first-order valence-corrected chi connectivity index (χ1v) is 12.1. The minimum Gasteiger partial charge on any atom is -0.386 e. The first-order valence-electron chi connectivity index (χ1n) is 12.1. The number of amides is 1. The number of nitrogens with zero attached hydrogens (tertiary/aromatic N) is 2. The van der Waals surface area contributed by atoms with Gasteiger partial charge in [0.05, 0.1) is 23.5 Å². The van der Waals surface area contributed by atoms with Crippen molar-refractivity contribution < 1.29 is 4.79 Å². The number of hydrogen-bond donors (Lipinski definition) is 6. The quantitative estimate of drug-likeness (QED) is 0.134. The lowest BCUT2D eigenvalue weighted by atomic mass is 9.92. The molecule has 5 rings (SSSR count). The second kappa shape index (κ2) is 8.49. The van der Waals surface area contributed by atoms with Gasteiger partial charge in [0.2, 0.25) is 5.91 Å². The number of benzene rings is 2. The van der Waals surface area contributed by atoms with Crippen LogP contribution in [0.5, 0.6) is 0 Å². The van der Waals surface area contributed by atoms with Crippen molar-refractivity contribution in [2.75, 3.05) is 22.6 Å². The van der Waals surface area contributed by atoms with Crippen LogP contribution >= 0.6 is 0 Å². The smallest absolute Gasteiger partial charge is 0.235 e. The molecule has 1 aliphatic heterocycles. The van der Waals surface area contributed by atoms with E-state index < -0.39 is 5.41 Å². The topological polar surface area (TPSA) is 135 Å². The van der Waals surface area contributed by atoms with E-state index in [1.54, 1.807) is 0 Å². The Morgan fingerprint density at radius 3 is 2.60 bits per heavy atom. The largest absolute Gasteiger partial charge is 0.386 e. The van der Waals surface area contributed by atoms with E-state index in [0.717, 1.165) is 53.0 Å². The Hall–Kier alpha value is -3.72. The SMILES string of the molecule is CC(C)(C)c1cc2cc(NC(=O)C3(c4ccc5c(c4)NCN5)CC3)ccc2n1CC/C(N)=N/NN. The van der Waals surface area contributed by atoms with E-state index in [0.29, 0.717) is 18.8 Å². The van der Waals surface area contributed by atoms with E-state index in [2.05, 4.69) is 88.3 Å². The zero-order valence-electron chi connectivity index (χ0n) is 20.5. The predicted octanol–water partition coefficient (Wildman–Crippen LogP) is 3.53. The molecule has 1 amide bonds. The van der Waals surface area contributed by atoms with Crippen LogP contribution in [0.2, 0.25) is 0 Å². The van der Waals surface area contributed by atoms with Crippen molar-refractivity contribution in [1.29, 1.82) is 0 Å². The molecule has 3 aromatic rings. The van der Waals surface area contributed by atoms with Gasteiger partial charge in [-0.05, 0) is 54.8 Å². The highest BCUT2D eigenvalue weighted by atomic mass is 16.2. The number of hydrazine groups is 1. The predicted molar refractivity (Wildman–Crippen MR) is 142 cm³/mol. The maximum Gasteiger partial charge on any atom is 0.235 e. The molecule has 2 aromatic carbocycles. The minimum absolute atomic E-state index is 0.0523. The number of hydrogen-bond acceptors (Lipinski definition) is 6. The molecule has 0 bridgehead atoms. The maximum absolute atomic E-state index is 13.4. The number of aryl methyl sites for hydroxylation is 1. The maximum atomic E-state index is 13.4.